The maximum Gasteiger partial charge on any atom is 0.305 e. The molecule has 1 amide bonds. The van der Waals surface area contributed by atoms with Crippen LogP contribution in [0.5, 0.6) is 0 Å². The summed E-state index contributed by atoms with van der Waals surface area (Å²) in [4.78, 5) is 26.8. The Morgan fingerprint density at radius 2 is 2.17 bits per heavy atom. The van der Waals surface area contributed by atoms with Crippen molar-refractivity contribution in [2.24, 2.45) is 0 Å². The smallest absolute Gasteiger partial charge is 0.305 e. The van der Waals surface area contributed by atoms with Crippen LogP contribution in [0.25, 0.3) is 0 Å². The normalized spacial score (nSPS) is 16.7. The number of carboxylic acids is 1. The monoisotopic (exact) mass is 248 g/mol. The van der Waals surface area contributed by atoms with E-state index in [9.17, 15) is 9.59 Å². The second-order valence-corrected chi connectivity index (χ2v) is 4.91. The van der Waals surface area contributed by atoms with Gasteiger partial charge in [-0.25, -0.2) is 0 Å². The summed E-state index contributed by atoms with van der Waals surface area (Å²) >= 11 is 0. The molecule has 1 heterocycles. The van der Waals surface area contributed by atoms with Crippen LogP contribution in [0.3, 0.4) is 0 Å². The molecule has 0 unspecified atom stereocenters. The molecule has 0 aromatic carbocycles. The highest BCUT2D eigenvalue weighted by Crippen LogP contribution is 2.35. The fraction of sp³-hybridized carbons (Fsp3) is 0.462. The molecule has 1 fully saturated rings. The molecule has 0 spiro atoms. The second-order valence-electron chi connectivity index (χ2n) is 4.91. The summed E-state index contributed by atoms with van der Waals surface area (Å²) in [6.45, 7) is 1.86. The Bertz CT molecular complexity index is 481. The molecule has 18 heavy (non-hydrogen) atoms. The number of rotatable bonds is 4. The van der Waals surface area contributed by atoms with Crippen LogP contribution in [-0.2, 0) is 4.79 Å². The molecule has 96 valence electrons. The summed E-state index contributed by atoms with van der Waals surface area (Å²) in [5.41, 5.74) is 0.822. The van der Waals surface area contributed by atoms with Crippen LogP contribution in [0.15, 0.2) is 18.5 Å². The average molecular weight is 248 g/mol. The van der Waals surface area contributed by atoms with Crippen molar-refractivity contribution >= 4 is 11.9 Å². The van der Waals surface area contributed by atoms with Crippen molar-refractivity contribution in [1.82, 2.24) is 10.3 Å². The molecule has 0 radical (unpaired) electrons. The molecule has 1 aliphatic carbocycles. The van der Waals surface area contributed by atoms with Crippen LogP contribution < -0.4 is 5.32 Å². The van der Waals surface area contributed by atoms with E-state index in [1.807, 2.05) is 6.92 Å². The van der Waals surface area contributed by atoms with E-state index in [1.54, 1.807) is 12.3 Å². The number of aromatic nitrogens is 1. The predicted octanol–water partition coefficient (Wildman–Crippen LogP) is 1.52. The van der Waals surface area contributed by atoms with Crippen molar-refractivity contribution in [3.05, 3.63) is 29.6 Å². The van der Waals surface area contributed by atoms with Crippen LogP contribution in [-0.4, -0.2) is 27.5 Å². The predicted molar refractivity (Wildman–Crippen MR) is 65.3 cm³/mol. The van der Waals surface area contributed by atoms with E-state index in [0.29, 0.717) is 5.56 Å². The van der Waals surface area contributed by atoms with E-state index >= 15 is 0 Å². The molecule has 1 aromatic rings. The fourth-order valence-corrected chi connectivity index (χ4v) is 2.23. The number of hydrogen-bond acceptors (Lipinski definition) is 3. The van der Waals surface area contributed by atoms with E-state index in [1.165, 1.54) is 6.20 Å². The lowest BCUT2D eigenvalue weighted by atomic mass is 9.74. The largest absolute Gasteiger partial charge is 0.481 e. The van der Waals surface area contributed by atoms with Crippen LogP contribution in [0.2, 0.25) is 0 Å². The highest BCUT2D eigenvalue weighted by molar-refractivity contribution is 5.95. The summed E-state index contributed by atoms with van der Waals surface area (Å²) in [7, 11) is 0. The number of amides is 1. The van der Waals surface area contributed by atoms with E-state index in [2.05, 4.69) is 10.3 Å². The number of nitrogens with one attached hydrogen (secondary N) is 1. The maximum atomic E-state index is 12.0. The maximum absolute atomic E-state index is 12.0. The summed E-state index contributed by atoms with van der Waals surface area (Å²) < 4.78 is 0. The van der Waals surface area contributed by atoms with Crippen molar-refractivity contribution in [2.45, 2.75) is 38.1 Å². The van der Waals surface area contributed by atoms with Gasteiger partial charge < -0.3 is 10.4 Å². The first-order valence-corrected chi connectivity index (χ1v) is 5.97. The number of carboxylic acid groups (broad SMARTS) is 1. The molecular weight excluding hydrogens is 232 g/mol. The van der Waals surface area contributed by atoms with E-state index in [-0.39, 0.29) is 12.3 Å². The summed E-state index contributed by atoms with van der Waals surface area (Å²) in [6, 6.07) is 1.75. The summed E-state index contributed by atoms with van der Waals surface area (Å²) in [6.07, 6.45) is 5.56. The third-order valence-electron chi connectivity index (χ3n) is 3.32. The highest BCUT2D eigenvalue weighted by atomic mass is 16.4. The summed E-state index contributed by atoms with van der Waals surface area (Å²) in [5, 5.41) is 11.7. The molecule has 0 aliphatic heterocycles. The third-order valence-corrected chi connectivity index (χ3v) is 3.32. The standard InChI is InChI=1S/C13H16N2O3/c1-9-5-10(8-14-7-9)12(18)15-13(3-2-4-13)6-11(16)17/h5,7-8H,2-4,6H2,1H3,(H,15,18)(H,16,17). The van der Waals surface area contributed by atoms with Gasteiger partial charge in [-0.1, -0.05) is 0 Å². The zero-order chi connectivity index (χ0) is 13.2. The lowest BCUT2D eigenvalue weighted by Crippen LogP contribution is -2.54. The van der Waals surface area contributed by atoms with Crippen molar-refractivity contribution in [1.29, 1.82) is 0 Å². The van der Waals surface area contributed by atoms with Crippen LogP contribution in [0, 0.1) is 6.92 Å². The quantitative estimate of drug-likeness (QED) is 0.846. The van der Waals surface area contributed by atoms with Gasteiger partial charge in [0.25, 0.3) is 5.91 Å². The molecule has 0 atom stereocenters. The van der Waals surface area contributed by atoms with Gasteiger partial charge in [-0.15, -0.1) is 0 Å². The van der Waals surface area contributed by atoms with Crippen molar-refractivity contribution < 1.29 is 14.7 Å². The Morgan fingerprint density at radius 3 is 2.67 bits per heavy atom. The minimum absolute atomic E-state index is 0.0159. The molecule has 2 N–H and O–H groups in total. The molecule has 0 bridgehead atoms. The van der Waals surface area contributed by atoms with Gasteiger partial charge in [0.05, 0.1) is 17.5 Å². The van der Waals surface area contributed by atoms with Gasteiger partial charge in [-0.3, -0.25) is 14.6 Å². The van der Waals surface area contributed by atoms with Gasteiger partial charge in [0.15, 0.2) is 0 Å². The molecule has 0 saturated heterocycles. The number of aliphatic carboxylic acids is 1. The Hall–Kier alpha value is -1.91. The number of carbonyl (C=O) groups excluding carboxylic acids is 1. The van der Waals surface area contributed by atoms with Crippen molar-refractivity contribution in [3.63, 3.8) is 0 Å². The molecule has 1 saturated carbocycles. The number of pyridine rings is 1. The molecule has 5 heteroatoms. The Kier molecular flexibility index (Phi) is 3.32. The van der Waals surface area contributed by atoms with Crippen molar-refractivity contribution in [2.75, 3.05) is 0 Å². The fourth-order valence-electron chi connectivity index (χ4n) is 2.23. The minimum atomic E-state index is -0.877. The van der Waals surface area contributed by atoms with Crippen LogP contribution in [0.1, 0.15) is 41.6 Å². The van der Waals surface area contributed by atoms with E-state index in [4.69, 9.17) is 5.11 Å². The zero-order valence-electron chi connectivity index (χ0n) is 10.3. The lowest BCUT2D eigenvalue weighted by Gasteiger charge is -2.41. The Balaban J connectivity index is 2.08. The molecular formula is C13H16N2O3. The number of aryl methyl sites for hydroxylation is 1. The van der Waals surface area contributed by atoms with Gasteiger partial charge in [-0.05, 0) is 37.8 Å². The van der Waals surface area contributed by atoms with Crippen LogP contribution >= 0.6 is 0 Å². The van der Waals surface area contributed by atoms with Gasteiger partial charge in [0, 0.05) is 12.4 Å². The first-order valence-electron chi connectivity index (χ1n) is 5.97. The summed E-state index contributed by atoms with van der Waals surface area (Å²) in [5.74, 6) is -1.12. The SMILES string of the molecule is Cc1cncc(C(=O)NC2(CC(=O)O)CCC2)c1. The Morgan fingerprint density at radius 1 is 1.44 bits per heavy atom. The lowest BCUT2D eigenvalue weighted by molar-refractivity contribution is -0.139. The molecule has 5 nitrogen and oxygen atoms in total. The first-order chi connectivity index (χ1) is 8.51. The number of nitrogens with zero attached hydrogens (tertiary/aromatic N) is 1. The number of carbonyl (C=O) groups is 2. The zero-order valence-corrected chi connectivity index (χ0v) is 10.3. The molecule has 2 rings (SSSR count). The Labute approximate surface area is 105 Å². The van der Waals surface area contributed by atoms with Gasteiger partial charge >= 0.3 is 5.97 Å². The van der Waals surface area contributed by atoms with Gasteiger partial charge in [-0.2, -0.15) is 0 Å². The van der Waals surface area contributed by atoms with E-state index < -0.39 is 11.5 Å². The molecule has 1 aliphatic rings. The number of hydrogen-bond donors (Lipinski definition) is 2. The first kappa shape index (κ1) is 12.5. The van der Waals surface area contributed by atoms with E-state index in [0.717, 1.165) is 24.8 Å². The third kappa shape index (κ3) is 2.67. The average Bonchev–Trinajstić information content (AvgIpc) is 2.25. The second kappa shape index (κ2) is 4.76. The van der Waals surface area contributed by atoms with Gasteiger partial charge in [0.2, 0.25) is 0 Å². The minimum Gasteiger partial charge on any atom is -0.481 e. The topological polar surface area (TPSA) is 79.3 Å². The van der Waals surface area contributed by atoms with Gasteiger partial charge in [0.1, 0.15) is 0 Å². The van der Waals surface area contributed by atoms with Crippen molar-refractivity contribution in [3.8, 4) is 0 Å². The molecule has 1 aromatic heterocycles. The highest BCUT2D eigenvalue weighted by Gasteiger charge is 2.40. The van der Waals surface area contributed by atoms with Crippen LogP contribution in [0.4, 0.5) is 0 Å².